The van der Waals surface area contributed by atoms with Crippen molar-refractivity contribution in [3.63, 3.8) is 0 Å². The van der Waals surface area contributed by atoms with E-state index >= 15 is 0 Å². The summed E-state index contributed by atoms with van der Waals surface area (Å²) in [6, 6.07) is 17.3. The second-order valence-corrected chi connectivity index (χ2v) is 7.95. The molecule has 4 rings (SSSR count). The molecule has 0 saturated heterocycles. The van der Waals surface area contributed by atoms with Crippen molar-refractivity contribution in [2.24, 2.45) is 0 Å². The Kier molecular flexibility index (Phi) is 6.99. The van der Waals surface area contributed by atoms with E-state index in [9.17, 15) is 4.79 Å². The fraction of sp³-hybridized carbons (Fsp3) is 0.250. The van der Waals surface area contributed by atoms with Gasteiger partial charge in [0.1, 0.15) is 11.6 Å². The van der Waals surface area contributed by atoms with Gasteiger partial charge in [0.15, 0.2) is 10.6 Å². The molecule has 170 valence electrons. The van der Waals surface area contributed by atoms with E-state index in [0.717, 1.165) is 34.8 Å². The minimum Gasteiger partial charge on any atom is -0.497 e. The molecule has 4 aromatic rings. The number of ether oxygens (including phenoxy) is 1. The smallest absolute Gasteiger partial charge is 0.222 e. The number of H-pyrrole nitrogens is 2. The summed E-state index contributed by atoms with van der Waals surface area (Å²) in [6.45, 7) is 2.43. The summed E-state index contributed by atoms with van der Waals surface area (Å²) in [5.74, 6) is 2.10. The highest BCUT2D eigenvalue weighted by Gasteiger charge is 2.17. The van der Waals surface area contributed by atoms with E-state index in [1.165, 1.54) is 0 Å². The minimum absolute atomic E-state index is 0.0803. The predicted octanol–water partition coefficient (Wildman–Crippen LogP) is 4.66. The molecule has 0 aliphatic heterocycles. The van der Waals surface area contributed by atoms with Gasteiger partial charge in [0, 0.05) is 18.5 Å². The second-order valence-electron chi connectivity index (χ2n) is 7.56. The Morgan fingerprint density at radius 1 is 1.15 bits per heavy atom. The first kappa shape index (κ1) is 22.5. The molecule has 8 nitrogen and oxygen atoms in total. The van der Waals surface area contributed by atoms with Gasteiger partial charge in [0.2, 0.25) is 5.91 Å². The van der Waals surface area contributed by atoms with Crippen LogP contribution in [0.1, 0.15) is 31.6 Å². The third-order valence-electron chi connectivity index (χ3n) is 5.42. The van der Waals surface area contributed by atoms with Gasteiger partial charge in [-0.05, 0) is 48.5 Å². The number of hydrogen-bond donors (Lipinski definition) is 3. The molecule has 2 aromatic carbocycles. The summed E-state index contributed by atoms with van der Waals surface area (Å²) >= 11 is 5.38. The van der Waals surface area contributed by atoms with E-state index in [-0.39, 0.29) is 18.4 Å². The molecule has 3 N–H and O–H groups in total. The lowest BCUT2D eigenvalue weighted by Crippen LogP contribution is -2.29. The molecule has 0 radical (unpaired) electrons. The van der Waals surface area contributed by atoms with E-state index in [1.807, 2.05) is 66.1 Å². The van der Waals surface area contributed by atoms with Crippen LogP contribution in [-0.4, -0.2) is 37.7 Å². The van der Waals surface area contributed by atoms with Gasteiger partial charge in [-0.25, -0.2) is 4.98 Å². The van der Waals surface area contributed by atoms with Crippen LogP contribution in [0.5, 0.6) is 5.75 Å². The average Bonchev–Trinajstić information content (AvgIpc) is 3.49. The molecule has 1 atom stereocenters. The molecule has 9 heteroatoms. The molecule has 2 aromatic heterocycles. The average molecular weight is 463 g/mol. The summed E-state index contributed by atoms with van der Waals surface area (Å²) in [7, 11) is 1.62. The van der Waals surface area contributed by atoms with Gasteiger partial charge in [0.05, 0.1) is 25.0 Å². The maximum atomic E-state index is 12.8. The number of carbonyl (C=O) groups is 1. The largest absolute Gasteiger partial charge is 0.497 e. The van der Waals surface area contributed by atoms with E-state index < -0.39 is 0 Å². The quantitative estimate of drug-likeness (QED) is 0.314. The lowest BCUT2D eigenvalue weighted by atomic mass is 10.2. The van der Waals surface area contributed by atoms with Crippen LogP contribution in [0.3, 0.4) is 0 Å². The number of nitrogens with one attached hydrogen (secondary N) is 3. The Labute approximate surface area is 197 Å². The standard InChI is InChI=1S/C24H26N6O2S/c1-3-19(22-25-15-20(27-22)16-7-5-4-6-8-16)26-21(31)13-14-30-23(28-29-24(30)33)17-9-11-18(32-2)12-10-17/h4-12,15,19H,3,13-14H2,1-2H3,(H,25,27)(H,26,31)(H,29,33). The van der Waals surface area contributed by atoms with E-state index in [1.54, 1.807) is 13.3 Å². The van der Waals surface area contributed by atoms with Crippen LogP contribution in [0.25, 0.3) is 22.6 Å². The first-order chi connectivity index (χ1) is 16.1. The monoisotopic (exact) mass is 462 g/mol. The van der Waals surface area contributed by atoms with Gasteiger partial charge in [-0.3, -0.25) is 14.5 Å². The van der Waals surface area contributed by atoms with E-state index in [4.69, 9.17) is 17.0 Å². The molecule has 0 bridgehead atoms. The number of nitrogens with zero attached hydrogens (tertiary/aromatic N) is 3. The highest BCUT2D eigenvalue weighted by atomic mass is 32.1. The number of aromatic nitrogens is 5. The van der Waals surface area contributed by atoms with Crippen molar-refractivity contribution >= 4 is 18.1 Å². The first-order valence-corrected chi connectivity index (χ1v) is 11.2. The van der Waals surface area contributed by atoms with Crippen LogP contribution >= 0.6 is 12.2 Å². The van der Waals surface area contributed by atoms with Crippen molar-refractivity contribution in [1.82, 2.24) is 30.0 Å². The van der Waals surface area contributed by atoms with Crippen LogP contribution in [0.2, 0.25) is 0 Å². The van der Waals surface area contributed by atoms with Crippen molar-refractivity contribution in [3.8, 4) is 28.4 Å². The molecule has 1 unspecified atom stereocenters. The predicted molar refractivity (Wildman–Crippen MR) is 129 cm³/mol. The molecular weight excluding hydrogens is 436 g/mol. The van der Waals surface area contributed by atoms with Gasteiger partial charge in [-0.2, -0.15) is 5.10 Å². The highest BCUT2D eigenvalue weighted by molar-refractivity contribution is 7.71. The Morgan fingerprint density at radius 3 is 2.61 bits per heavy atom. The third-order valence-corrected chi connectivity index (χ3v) is 5.73. The van der Waals surface area contributed by atoms with Crippen molar-refractivity contribution < 1.29 is 9.53 Å². The SMILES string of the molecule is CCC(NC(=O)CCn1c(-c2ccc(OC)cc2)n[nH]c1=S)c1ncc(-c2ccccc2)[nH]1. The van der Waals surface area contributed by atoms with E-state index in [0.29, 0.717) is 17.1 Å². The number of aromatic amines is 2. The van der Waals surface area contributed by atoms with Crippen LogP contribution in [-0.2, 0) is 11.3 Å². The summed E-state index contributed by atoms with van der Waals surface area (Å²) < 4.78 is 7.52. The van der Waals surface area contributed by atoms with Gasteiger partial charge in [-0.1, -0.05) is 37.3 Å². The van der Waals surface area contributed by atoms with Crippen molar-refractivity contribution in [2.45, 2.75) is 32.4 Å². The fourth-order valence-electron chi connectivity index (χ4n) is 3.61. The second kappa shape index (κ2) is 10.3. The van der Waals surface area contributed by atoms with Crippen LogP contribution in [0.15, 0.2) is 60.8 Å². The number of imidazole rings is 1. The number of amides is 1. The normalized spacial score (nSPS) is 11.8. The molecular formula is C24H26N6O2S. The van der Waals surface area contributed by atoms with E-state index in [2.05, 4.69) is 25.5 Å². The zero-order valence-electron chi connectivity index (χ0n) is 18.5. The van der Waals surface area contributed by atoms with Crippen molar-refractivity contribution in [3.05, 3.63) is 71.4 Å². The number of methoxy groups -OCH3 is 1. The molecule has 0 spiro atoms. The zero-order chi connectivity index (χ0) is 23.2. The Bertz CT molecular complexity index is 1260. The van der Waals surface area contributed by atoms with Crippen LogP contribution < -0.4 is 10.1 Å². The highest BCUT2D eigenvalue weighted by Crippen LogP contribution is 2.22. The van der Waals surface area contributed by atoms with Gasteiger partial charge >= 0.3 is 0 Å². The van der Waals surface area contributed by atoms with Gasteiger partial charge in [0.25, 0.3) is 0 Å². The number of benzene rings is 2. The summed E-state index contributed by atoms with van der Waals surface area (Å²) in [4.78, 5) is 20.6. The minimum atomic E-state index is -0.201. The Balaban J connectivity index is 1.41. The van der Waals surface area contributed by atoms with Gasteiger partial charge < -0.3 is 15.0 Å². The van der Waals surface area contributed by atoms with Crippen LogP contribution in [0, 0.1) is 4.77 Å². The molecule has 0 fully saturated rings. The molecule has 0 aliphatic rings. The topological polar surface area (TPSA) is 101 Å². The maximum Gasteiger partial charge on any atom is 0.222 e. The summed E-state index contributed by atoms with van der Waals surface area (Å²) in [6.07, 6.45) is 2.78. The lowest BCUT2D eigenvalue weighted by Gasteiger charge is -2.15. The lowest BCUT2D eigenvalue weighted by molar-refractivity contribution is -0.122. The third kappa shape index (κ3) is 5.20. The fourth-order valence-corrected chi connectivity index (χ4v) is 3.83. The summed E-state index contributed by atoms with van der Waals surface area (Å²) in [5.41, 5.74) is 2.86. The number of hydrogen-bond acceptors (Lipinski definition) is 5. The molecule has 2 heterocycles. The van der Waals surface area contributed by atoms with Crippen molar-refractivity contribution in [2.75, 3.05) is 7.11 Å². The summed E-state index contributed by atoms with van der Waals surface area (Å²) in [5, 5.41) is 10.2. The Hall–Kier alpha value is -3.72. The Morgan fingerprint density at radius 2 is 1.91 bits per heavy atom. The van der Waals surface area contributed by atoms with Crippen LogP contribution in [0.4, 0.5) is 0 Å². The zero-order valence-corrected chi connectivity index (χ0v) is 19.4. The molecule has 0 aliphatic carbocycles. The molecule has 1 amide bonds. The molecule has 0 saturated carbocycles. The molecule has 33 heavy (non-hydrogen) atoms. The van der Waals surface area contributed by atoms with Crippen molar-refractivity contribution in [1.29, 1.82) is 0 Å². The van der Waals surface area contributed by atoms with Gasteiger partial charge in [-0.15, -0.1) is 0 Å². The number of carbonyl (C=O) groups excluding carboxylic acids is 1. The maximum absolute atomic E-state index is 12.8. The first-order valence-electron chi connectivity index (χ1n) is 10.8. The number of rotatable bonds is 9.